The zero-order chi connectivity index (χ0) is 32.2. The Morgan fingerprint density at radius 1 is 0.604 bits per heavy atom. The molecular weight excluding hydrogens is 1040 g/mol. The number of aliphatic hydroxyl groups excluding tert-OH is 1. The number of rotatable bonds is 3. The zero-order valence-corrected chi connectivity index (χ0v) is 49.0. The number of aliphatic hydroxyl groups is 1. The maximum Gasteiger partial charge on any atom is 0.358 e. The molecule has 0 amide bonds. The fraction of sp³-hybridized carbons (Fsp3) is 0.244. The Morgan fingerprint density at radius 2 is 1.02 bits per heavy atom. The Balaban J connectivity index is -0.0000000595. The Hall–Kier alpha value is 1.22. The Kier molecular flexibility index (Phi) is 70.5. The molecule has 4 aromatic carbocycles. The second-order valence-corrected chi connectivity index (χ2v) is 9.58. The summed E-state index contributed by atoms with van der Waals surface area (Å²) in [7, 11) is 7.81. The number of methoxy groups -OCH3 is 3. The molecule has 0 aliphatic carbocycles. The van der Waals surface area contributed by atoms with E-state index in [1.165, 1.54) is 29.0 Å². The van der Waals surface area contributed by atoms with Gasteiger partial charge < -0.3 is 56.5 Å². The van der Waals surface area contributed by atoms with Gasteiger partial charge in [0.1, 0.15) is 0 Å². The summed E-state index contributed by atoms with van der Waals surface area (Å²) in [5.74, 6) is -0.502. The van der Waals surface area contributed by atoms with Gasteiger partial charge in [-0.2, -0.15) is 5.10 Å². The van der Waals surface area contributed by atoms with E-state index in [1.807, 2.05) is 49.4 Å². The molecule has 1 N–H and O–H groups in total. The van der Waals surface area contributed by atoms with Crippen molar-refractivity contribution in [2.24, 2.45) is 0 Å². The number of hydrogen-bond donors (Lipinski definition) is 1. The van der Waals surface area contributed by atoms with Gasteiger partial charge >= 0.3 is 5.97 Å². The first-order valence-corrected chi connectivity index (χ1v) is 13.8. The summed E-state index contributed by atoms with van der Waals surface area (Å²) in [5, 5.41) is 16.4. The third-order valence-corrected chi connectivity index (χ3v) is 6.00. The van der Waals surface area contributed by atoms with Gasteiger partial charge in [0.05, 0.1) is 25.1 Å². The molecule has 5 aromatic rings. The summed E-state index contributed by atoms with van der Waals surface area (Å²) in [6.45, 7) is 7.77. The van der Waals surface area contributed by atoms with Gasteiger partial charge in [0, 0.05) is 198 Å². The van der Waals surface area contributed by atoms with Gasteiger partial charge in [-0.05, 0) is 56.2 Å². The van der Waals surface area contributed by atoms with Gasteiger partial charge in [-0.15, -0.1) is 0 Å². The second kappa shape index (κ2) is 47.6. The number of benzene rings is 4. The predicted molar refractivity (Wildman–Crippen MR) is 208 cm³/mol. The van der Waals surface area contributed by atoms with E-state index < -0.39 is 5.97 Å². The minimum absolute atomic E-state index is 0. The number of aromatic nitrogens is 2. The van der Waals surface area contributed by atoms with Crippen molar-refractivity contribution in [2.75, 3.05) is 35.5 Å². The quantitative estimate of drug-likeness (QED) is 0.143. The maximum absolute atomic E-state index is 11.6. The normalized spacial score (nSPS) is 7.74. The van der Waals surface area contributed by atoms with Crippen LogP contribution in [0.3, 0.4) is 0 Å². The first-order valence-electron chi connectivity index (χ1n) is 13.8. The number of hydrogen-bond acceptors (Lipinski definition) is 6. The van der Waals surface area contributed by atoms with E-state index in [0.717, 1.165) is 11.3 Å². The van der Waals surface area contributed by atoms with E-state index in [1.54, 1.807) is 40.0 Å². The van der Waals surface area contributed by atoms with Crippen molar-refractivity contribution in [3.05, 3.63) is 168 Å². The summed E-state index contributed by atoms with van der Waals surface area (Å²) >= 11 is 0. The van der Waals surface area contributed by atoms with Crippen LogP contribution in [0.15, 0.2) is 97.1 Å². The van der Waals surface area contributed by atoms with Crippen molar-refractivity contribution in [1.82, 2.24) is 9.78 Å². The molecule has 5 rings (SSSR count). The zero-order valence-electron chi connectivity index (χ0n) is 34.8. The number of fused-ring (bicyclic) bond motifs is 1. The average molecular weight is 1110 g/mol. The minimum atomic E-state index is -0.502. The first kappa shape index (κ1) is 78.5. The molecule has 0 saturated heterocycles. The van der Waals surface area contributed by atoms with Gasteiger partial charge in [0.15, 0.2) is 5.69 Å². The number of nitrogens with zero attached hydrogens (tertiary/aromatic N) is 2. The van der Waals surface area contributed by atoms with Crippen LogP contribution in [-0.4, -0.2) is 56.4 Å². The molecule has 0 aliphatic heterocycles. The van der Waals surface area contributed by atoms with Crippen LogP contribution < -0.4 is 0 Å². The van der Waals surface area contributed by atoms with Crippen LogP contribution in [0.5, 0.6) is 0 Å². The number of carbonyl (C=O) groups excluding carboxylic acids is 1. The number of esters is 1. The summed E-state index contributed by atoms with van der Waals surface area (Å²) < 4.78 is 14.8. The van der Waals surface area contributed by atoms with Crippen LogP contribution in [0.2, 0.25) is 0 Å². The van der Waals surface area contributed by atoms with E-state index in [-0.39, 0.29) is 213 Å². The van der Waals surface area contributed by atoms with Crippen LogP contribution in [0.4, 0.5) is 0 Å². The van der Waals surface area contributed by atoms with Crippen LogP contribution in [-0.2, 0) is 184 Å². The Bertz CT molecular complexity index is 1500. The van der Waals surface area contributed by atoms with Crippen molar-refractivity contribution in [1.29, 1.82) is 0 Å². The first-order chi connectivity index (χ1) is 20.7. The minimum Gasteiger partial charge on any atom is -0.464 e. The van der Waals surface area contributed by atoms with Crippen molar-refractivity contribution in [3.8, 4) is 5.69 Å². The summed E-state index contributed by atoms with van der Waals surface area (Å²) in [6, 6.07) is 32.8. The van der Waals surface area contributed by atoms with E-state index in [2.05, 4.69) is 87.8 Å². The SMILES string of the molecule is COC.COC.COC(=O)c1nn(-c2ccc(C)cc2)c(CO)c1C.Cc1cccc2ccccc12.Cc1ccccc1.[CH3-].[CH3-].[CH3-].[CH3-].[CH3-].[Y].[Y].[Y].[Y].[Y]. The third kappa shape index (κ3) is 30.0. The van der Waals surface area contributed by atoms with Crippen LogP contribution >= 0.6 is 0 Å². The smallest absolute Gasteiger partial charge is 0.358 e. The number of aryl methyl sites for hydroxylation is 3. The molecule has 5 radical (unpaired) electrons. The largest absolute Gasteiger partial charge is 0.464 e. The Morgan fingerprint density at radius 3 is 1.42 bits per heavy atom. The molecule has 0 aliphatic rings. The second-order valence-electron chi connectivity index (χ2n) is 9.58. The van der Waals surface area contributed by atoms with E-state index in [0.29, 0.717) is 11.3 Å². The molecule has 0 atom stereocenters. The molecule has 1 aromatic heterocycles. The van der Waals surface area contributed by atoms with E-state index >= 15 is 0 Å². The van der Waals surface area contributed by atoms with Gasteiger partial charge in [-0.1, -0.05) is 96.1 Å². The topological polar surface area (TPSA) is 82.8 Å². The average Bonchev–Trinajstić information content (AvgIpc) is 3.35. The summed E-state index contributed by atoms with van der Waals surface area (Å²) in [6.07, 6.45) is 0. The van der Waals surface area contributed by atoms with Crippen molar-refractivity contribution < 1.29 is 188 Å². The van der Waals surface area contributed by atoms with Gasteiger partial charge in [0.2, 0.25) is 0 Å². The molecule has 12 heteroatoms. The molecule has 7 nitrogen and oxygen atoms in total. The molecule has 0 unspecified atom stereocenters. The molecule has 0 bridgehead atoms. The molecule has 0 saturated carbocycles. The van der Waals surface area contributed by atoms with Crippen molar-refractivity contribution in [3.63, 3.8) is 0 Å². The molecule has 285 valence electrons. The van der Waals surface area contributed by atoms with Crippen molar-refractivity contribution in [2.45, 2.75) is 34.3 Å². The van der Waals surface area contributed by atoms with Crippen LogP contribution in [0, 0.1) is 64.8 Å². The maximum atomic E-state index is 11.6. The third-order valence-electron chi connectivity index (χ3n) is 6.00. The molecule has 0 spiro atoms. The fourth-order valence-corrected chi connectivity index (χ4v) is 3.83. The summed E-state index contributed by atoms with van der Waals surface area (Å²) in [4.78, 5) is 11.6. The molecule has 0 fully saturated rings. The van der Waals surface area contributed by atoms with Gasteiger partial charge in [0.25, 0.3) is 0 Å². The predicted octanol–water partition coefficient (Wildman–Crippen LogP) is 9.68. The van der Waals surface area contributed by atoms with Gasteiger partial charge in [-0.25, -0.2) is 9.48 Å². The number of ether oxygens (including phenoxy) is 3. The van der Waals surface area contributed by atoms with Crippen LogP contribution in [0.25, 0.3) is 16.5 Å². The fourth-order valence-electron chi connectivity index (χ4n) is 3.83. The van der Waals surface area contributed by atoms with Gasteiger partial charge in [-0.3, -0.25) is 0 Å². The monoisotopic (exact) mass is 1110 g/mol. The van der Waals surface area contributed by atoms with Crippen LogP contribution in [0.1, 0.15) is 38.4 Å². The van der Waals surface area contributed by atoms with Crippen molar-refractivity contribution >= 4 is 16.7 Å². The Labute approximate surface area is 450 Å². The standard InChI is InChI=1S/C14H16N2O3.C11H10.C7H8.2C2H6O.5CH3.5Y/c1-9-4-6-11(7-5-9)16-12(8-17)10(2)13(15-16)14(18)19-3;1-9-5-4-7-10-6-2-3-8-11(9)10;1-7-5-3-2-4-6-7;2*1-3-2;;;;;;;;;;/h4-7,17H,8H2,1-3H3;2-8H,1H3;2-6H,1H3;2*1-2H3;5*1H3;;;;;/q;;;;;5*-1;;;;;. The van der Waals surface area contributed by atoms with E-state index in [4.69, 9.17) is 0 Å². The summed E-state index contributed by atoms with van der Waals surface area (Å²) in [5.41, 5.74) is 6.05. The number of carbonyl (C=O) groups is 1. The van der Waals surface area contributed by atoms with E-state index in [9.17, 15) is 9.90 Å². The molecule has 53 heavy (non-hydrogen) atoms. The molecular formula is C41H61N2O5Y5-5. The molecule has 1 heterocycles.